The fourth-order valence-corrected chi connectivity index (χ4v) is 3.62. The van der Waals surface area contributed by atoms with Crippen molar-refractivity contribution in [1.29, 1.82) is 0 Å². The summed E-state index contributed by atoms with van der Waals surface area (Å²) in [5.41, 5.74) is 3.98. The third-order valence-electron chi connectivity index (χ3n) is 3.42. The van der Waals surface area contributed by atoms with Crippen LogP contribution in [-0.2, 0) is 11.9 Å². The van der Waals surface area contributed by atoms with Gasteiger partial charge in [0.15, 0.2) is 0 Å². The Morgan fingerprint density at radius 1 is 1.32 bits per heavy atom. The quantitative estimate of drug-likeness (QED) is 0.642. The molecule has 1 aromatic heterocycles. The van der Waals surface area contributed by atoms with Gasteiger partial charge in [0.05, 0.1) is 0 Å². The van der Waals surface area contributed by atoms with E-state index in [4.69, 9.17) is 11.6 Å². The zero-order valence-corrected chi connectivity index (χ0v) is 13.6. The van der Waals surface area contributed by atoms with Gasteiger partial charge in [-0.2, -0.15) is 11.3 Å². The number of alkyl halides is 1. The minimum Gasteiger partial charge on any atom is -0.364 e. The number of nitrogens with zero attached hydrogens (tertiary/aromatic N) is 1. The Morgan fingerprint density at radius 2 is 2.16 bits per heavy atom. The molecule has 0 atom stereocenters. The number of hydrogen-bond acceptors (Lipinski definition) is 2. The summed E-state index contributed by atoms with van der Waals surface area (Å²) in [5, 5.41) is 6.03. The maximum atomic E-state index is 6.10. The first-order valence-corrected chi connectivity index (χ1v) is 8.84. The molecule has 100 valence electrons. The molecule has 1 aliphatic rings. The molecule has 2 aromatic rings. The molecule has 4 heteroatoms. The van der Waals surface area contributed by atoms with Crippen LogP contribution in [0, 0.1) is 0 Å². The van der Waals surface area contributed by atoms with Crippen LogP contribution in [0.15, 0.2) is 35.0 Å². The summed E-state index contributed by atoms with van der Waals surface area (Å²) in [5.74, 6) is 0. The predicted octanol–water partition coefficient (Wildman–Crippen LogP) is 5.47. The lowest BCUT2D eigenvalue weighted by atomic mass is 10.1. The fraction of sp³-hybridized carbons (Fsp3) is 0.333. The van der Waals surface area contributed by atoms with Crippen molar-refractivity contribution in [3.8, 4) is 0 Å². The SMILES string of the molecule is Clc1ccc(N(Cc2ccsc2)C2CC2)c(CBr)c1. The van der Waals surface area contributed by atoms with Crippen LogP contribution in [-0.4, -0.2) is 6.04 Å². The highest BCUT2D eigenvalue weighted by molar-refractivity contribution is 9.08. The summed E-state index contributed by atoms with van der Waals surface area (Å²) in [7, 11) is 0. The van der Waals surface area contributed by atoms with Crippen LogP contribution in [0.1, 0.15) is 24.0 Å². The molecule has 1 fully saturated rings. The number of thiophene rings is 1. The van der Waals surface area contributed by atoms with E-state index in [1.807, 2.05) is 6.07 Å². The van der Waals surface area contributed by atoms with Crippen LogP contribution in [0.2, 0.25) is 5.02 Å². The van der Waals surface area contributed by atoms with Gasteiger partial charge in [0.25, 0.3) is 0 Å². The van der Waals surface area contributed by atoms with Crippen molar-refractivity contribution in [3.63, 3.8) is 0 Å². The standard InChI is InChI=1S/C15H15BrClNS/c16-8-12-7-13(17)1-4-15(12)18(14-2-3-14)9-11-5-6-19-10-11/h1,4-7,10,14H,2-3,8-9H2. The molecule has 0 aliphatic heterocycles. The Balaban J connectivity index is 1.91. The van der Waals surface area contributed by atoms with Crippen molar-refractivity contribution in [2.24, 2.45) is 0 Å². The van der Waals surface area contributed by atoms with E-state index in [9.17, 15) is 0 Å². The second-order valence-corrected chi connectivity index (χ2v) is 6.67. The second kappa shape index (κ2) is 5.86. The van der Waals surface area contributed by atoms with Crippen LogP contribution in [0.3, 0.4) is 0 Å². The zero-order valence-electron chi connectivity index (χ0n) is 10.5. The van der Waals surface area contributed by atoms with E-state index in [-0.39, 0.29) is 0 Å². The topological polar surface area (TPSA) is 3.24 Å². The summed E-state index contributed by atoms with van der Waals surface area (Å²) in [6, 6.07) is 9.12. The molecular weight excluding hydrogens is 342 g/mol. The van der Waals surface area contributed by atoms with Crippen molar-refractivity contribution in [2.75, 3.05) is 4.90 Å². The highest BCUT2D eigenvalue weighted by Gasteiger charge is 2.30. The van der Waals surface area contributed by atoms with Crippen molar-refractivity contribution < 1.29 is 0 Å². The van der Waals surface area contributed by atoms with E-state index in [0.29, 0.717) is 6.04 Å². The summed E-state index contributed by atoms with van der Waals surface area (Å²) in [4.78, 5) is 2.52. The summed E-state index contributed by atoms with van der Waals surface area (Å²) in [6.07, 6.45) is 2.60. The number of benzene rings is 1. The van der Waals surface area contributed by atoms with Crippen molar-refractivity contribution in [3.05, 3.63) is 51.2 Å². The van der Waals surface area contributed by atoms with Crippen LogP contribution < -0.4 is 4.90 Å². The lowest BCUT2D eigenvalue weighted by Crippen LogP contribution is -2.25. The Kier molecular flexibility index (Phi) is 4.15. The van der Waals surface area contributed by atoms with Crippen LogP contribution >= 0.6 is 38.9 Å². The summed E-state index contributed by atoms with van der Waals surface area (Å²) < 4.78 is 0. The highest BCUT2D eigenvalue weighted by atomic mass is 79.9. The predicted molar refractivity (Wildman–Crippen MR) is 87.6 cm³/mol. The third-order valence-corrected chi connectivity index (χ3v) is 4.99. The smallest absolute Gasteiger partial charge is 0.0440 e. The fourth-order valence-electron chi connectivity index (χ4n) is 2.32. The van der Waals surface area contributed by atoms with Gasteiger partial charge < -0.3 is 4.90 Å². The molecule has 1 heterocycles. The average Bonchev–Trinajstić information content (AvgIpc) is 3.13. The van der Waals surface area contributed by atoms with Gasteiger partial charge in [-0.15, -0.1) is 0 Å². The maximum Gasteiger partial charge on any atom is 0.0440 e. The molecule has 3 rings (SSSR count). The number of halogens is 2. The Bertz CT molecular complexity index is 551. The zero-order chi connectivity index (χ0) is 13.2. The average molecular weight is 357 g/mol. The molecule has 1 aliphatic carbocycles. The first-order valence-electron chi connectivity index (χ1n) is 6.40. The summed E-state index contributed by atoms with van der Waals surface area (Å²) in [6.45, 7) is 0.996. The van der Waals surface area contributed by atoms with E-state index >= 15 is 0 Å². The van der Waals surface area contributed by atoms with Gasteiger partial charge in [-0.3, -0.25) is 0 Å². The van der Waals surface area contributed by atoms with Gasteiger partial charge in [-0.05, 0) is 59.0 Å². The monoisotopic (exact) mass is 355 g/mol. The van der Waals surface area contributed by atoms with Gasteiger partial charge in [0, 0.05) is 28.6 Å². The van der Waals surface area contributed by atoms with Gasteiger partial charge in [0.2, 0.25) is 0 Å². The molecule has 0 bridgehead atoms. The van der Waals surface area contributed by atoms with Gasteiger partial charge in [-0.25, -0.2) is 0 Å². The molecule has 0 unspecified atom stereocenters. The minimum atomic E-state index is 0.693. The van der Waals surface area contributed by atoms with Crippen molar-refractivity contribution >= 4 is 44.6 Å². The molecule has 0 spiro atoms. The highest BCUT2D eigenvalue weighted by Crippen LogP contribution is 2.36. The third kappa shape index (κ3) is 3.15. The second-order valence-electron chi connectivity index (χ2n) is 4.90. The van der Waals surface area contributed by atoms with E-state index in [1.165, 1.54) is 29.7 Å². The maximum absolute atomic E-state index is 6.10. The van der Waals surface area contributed by atoms with Crippen LogP contribution in [0.25, 0.3) is 0 Å². The molecule has 1 nitrogen and oxygen atoms in total. The van der Waals surface area contributed by atoms with E-state index in [1.54, 1.807) is 11.3 Å². The molecule has 1 aromatic carbocycles. The Labute approximate surface area is 131 Å². The summed E-state index contributed by atoms with van der Waals surface area (Å²) >= 11 is 11.4. The largest absolute Gasteiger partial charge is 0.364 e. The minimum absolute atomic E-state index is 0.693. The van der Waals surface area contributed by atoms with E-state index in [2.05, 4.69) is 49.8 Å². The Hall–Kier alpha value is -0.510. The first-order chi connectivity index (χ1) is 9.28. The van der Waals surface area contributed by atoms with E-state index < -0.39 is 0 Å². The molecule has 0 radical (unpaired) electrons. The molecule has 19 heavy (non-hydrogen) atoms. The molecule has 0 N–H and O–H groups in total. The van der Waals surface area contributed by atoms with Gasteiger partial charge in [-0.1, -0.05) is 27.5 Å². The number of rotatable bonds is 5. The van der Waals surface area contributed by atoms with Gasteiger partial charge >= 0.3 is 0 Å². The molecule has 0 amide bonds. The number of anilines is 1. The molecule has 0 saturated heterocycles. The molecular formula is C15H15BrClNS. The van der Waals surface area contributed by atoms with Gasteiger partial charge in [0.1, 0.15) is 0 Å². The van der Waals surface area contributed by atoms with Crippen LogP contribution in [0.4, 0.5) is 5.69 Å². The normalized spacial score (nSPS) is 14.6. The van der Waals surface area contributed by atoms with Crippen molar-refractivity contribution in [2.45, 2.75) is 30.8 Å². The van der Waals surface area contributed by atoms with E-state index in [0.717, 1.165) is 16.9 Å². The van der Waals surface area contributed by atoms with Crippen LogP contribution in [0.5, 0.6) is 0 Å². The lowest BCUT2D eigenvalue weighted by Gasteiger charge is -2.26. The lowest BCUT2D eigenvalue weighted by molar-refractivity contribution is 0.793. The van der Waals surface area contributed by atoms with Crippen molar-refractivity contribution in [1.82, 2.24) is 0 Å². The number of hydrogen-bond donors (Lipinski definition) is 0. The molecule has 1 saturated carbocycles. The first kappa shape index (κ1) is 13.5. The Morgan fingerprint density at radius 3 is 2.79 bits per heavy atom.